The number of thioether (sulfide) groups is 2. The lowest BCUT2D eigenvalue weighted by atomic mass is 10.1. The first-order valence-electron chi connectivity index (χ1n) is 10.1. The molecule has 6 nitrogen and oxygen atoms in total. The lowest BCUT2D eigenvalue weighted by Gasteiger charge is -2.41. The molecule has 29 heavy (non-hydrogen) atoms. The molecule has 0 unspecified atom stereocenters. The van der Waals surface area contributed by atoms with Gasteiger partial charge in [-0.05, 0) is 43.5 Å². The van der Waals surface area contributed by atoms with Crippen LogP contribution in [0.2, 0.25) is 18.1 Å². The second kappa shape index (κ2) is 9.68. The van der Waals surface area contributed by atoms with E-state index in [2.05, 4.69) is 20.8 Å². The Bertz CT molecular complexity index is 641. The molecule has 0 aromatic carbocycles. The van der Waals surface area contributed by atoms with Crippen LogP contribution in [0.3, 0.4) is 0 Å². The third-order valence-corrected chi connectivity index (χ3v) is 14.4. The fraction of sp³-hybridized carbons (Fsp3) is 1.00. The van der Waals surface area contributed by atoms with Gasteiger partial charge >= 0.3 is 0 Å². The first kappa shape index (κ1) is 27.7. The Labute approximate surface area is 187 Å². The van der Waals surface area contributed by atoms with Crippen molar-refractivity contribution in [2.45, 2.75) is 94.1 Å². The van der Waals surface area contributed by atoms with Gasteiger partial charge < -0.3 is 19.0 Å². The van der Waals surface area contributed by atoms with Crippen molar-refractivity contribution >= 4 is 41.7 Å². The molecule has 0 spiro atoms. The Morgan fingerprint density at radius 3 is 2.00 bits per heavy atom. The number of aliphatic hydroxyl groups is 1. The first-order valence-corrected chi connectivity index (χ1v) is 17.0. The van der Waals surface area contributed by atoms with Crippen molar-refractivity contribution in [1.82, 2.24) is 0 Å². The number of rotatable bonds is 10. The van der Waals surface area contributed by atoms with E-state index < -0.39 is 41.1 Å². The normalized spacial score (nSPS) is 25.4. The van der Waals surface area contributed by atoms with Gasteiger partial charge in [-0.1, -0.05) is 34.6 Å². The molecule has 0 saturated carbocycles. The Balaban J connectivity index is 3.35. The fourth-order valence-electron chi connectivity index (χ4n) is 2.80. The topological polar surface area (TPSA) is 82.1 Å². The van der Waals surface area contributed by atoms with Gasteiger partial charge in [0.05, 0.1) is 11.2 Å². The average molecular weight is 489 g/mol. The van der Waals surface area contributed by atoms with E-state index >= 15 is 0 Å². The summed E-state index contributed by atoms with van der Waals surface area (Å²) >= 11 is 3.35. The first-order chi connectivity index (χ1) is 12.9. The van der Waals surface area contributed by atoms with Crippen molar-refractivity contribution in [3.05, 3.63) is 0 Å². The van der Waals surface area contributed by atoms with Gasteiger partial charge in [-0.2, -0.15) is 0 Å². The van der Waals surface area contributed by atoms with Crippen LogP contribution in [0, 0.1) is 0 Å². The smallest absolute Gasteiger partial charge is 0.216 e. The number of hydrogen-bond acceptors (Lipinski definition) is 8. The van der Waals surface area contributed by atoms with E-state index in [1.165, 1.54) is 0 Å². The zero-order chi connectivity index (χ0) is 22.9. The quantitative estimate of drug-likeness (QED) is 0.364. The van der Waals surface area contributed by atoms with E-state index in [4.69, 9.17) is 13.9 Å². The highest BCUT2D eigenvalue weighted by molar-refractivity contribution is 8.17. The van der Waals surface area contributed by atoms with Crippen molar-refractivity contribution in [1.29, 1.82) is 0 Å². The summed E-state index contributed by atoms with van der Waals surface area (Å²) in [6.07, 6.45) is -0.578. The van der Waals surface area contributed by atoms with Crippen LogP contribution in [0.5, 0.6) is 0 Å². The SMILES string of the molecule is CCSC(SCC)[C@@H]1OC(C)(C)O[C@H]1[C@@](O)(CO[Si](C)(C)C(C)(C)C)S(C)(=O)=O. The predicted molar refractivity (Wildman–Crippen MR) is 127 cm³/mol. The van der Waals surface area contributed by atoms with Crippen LogP contribution in [0.25, 0.3) is 0 Å². The summed E-state index contributed by atoms with van der Waals surface area (Å²) in [6, 6.07) is 0. The van der Waals surface area contributed by atoms with Crippen molar-refractivity contribution in [2.75, 3.05) is 24.4 Å². The molecule has 1 N–H and O–H groups in total. The summed E-state index contributed by atoms with van der Waals surface area (Å²) in [6.45, 7) is 17.6. The molecule has 0 aromatic heterocycles. The monoisotopic (exact) mass is 488 g/mol. The minimum Gasteiger partial charge on any atom is -0.413 e. The molecule has 3 atom stereocenters. The molecule has 0 amide bonds. The van der Waals surface area contributed by atoms with Crippen LogP contribution in [-0.2, 0) is 23.7 Å². The molecule has 0 aromatic rings. The summed E-state index contributed by atoms with van der Waals surface area (Å²) in [5.41, 5.74) is 0. The van der Waals surface area contributed by atoms with Crippen LogP contribution in [-0.4, -0.2) is 73.7 Å². The van der Waals surface area contributed by atoms with Crippen molar-refractivity contribution in [2.24, 2.45) is 0 Å². The maximum absolute atomic E-state index is 12.8. The minimum absolute atomic E-state index is 0.0575. The number of ether oxygens (including phenoxy) is 2. The van der Waals surface area contributed by atoms with Crippen molar-refractivity contribution in [3.8, 4) is 0 Å². The van der Waals surface area contributed by atoms with Crippen LogP contribution in [0.15, 0.2) is 0 Å². The van der Waals surface area contributed by atoms with Crippen molar-refractivity contribution in [3.63, 3.8) is 0 Å². The summed E-state index contributed by atoms with van der Waals surface area (Å²) in [4.78, 5) is -2.19. The second-order valence-corrected chi connectivity index (χ2v) is 19.7. The lowest BCUT2D eigenvalue weighted by Crippen LogP contribution is -2.59. The molecule has 1 fully saturated rings. The Kier molecular flexibility index (Phi) is 9.26. The maximum Gasteiger partial charge on any atom is 0.216 e. The maximum atomic E-state index is 12.8. The van der Waals surface area contributed by atoms with Crippen molar-refractivity contribution < 1.29 is 27.4 Å². The van der Waals surface area contributed by atoms with Crippen LogP contribution >= 0.6 is 23.5 Å². The van der Waals surface area contributed by atoms with E-state index in [1.54, 1.807) is 37.4 Å². The minimum atomic E-state index is -3.93. The highest BCUT2D eigenvalue weighted by Crippen LogP contribution is 2.44. The largest absolute Gasteiger partial charge is 0.413 e. The number of sulfone groups is 1. The van der Waals surface area contributed by atoms with E-state index in [0.717, 1.165) is 17.8 Å². The Hall–Kier alpha value is 0.707. The van der Waals surface area contributed by atoms with E-state index in [9.17, 15) is 13.5 Å². The molecule has 1 rings (SSSR count). The molecule has 1 aliphatic rings. The van der Waals surface area contributed by atoms with Gasteiger partial charge in [-0.15, -0.1) is 23.5 Å². The van der Waals surface area contributed by atoms with Gasteiger partial charge in [0.2, 0.25) is 4.93 Å². The van der Waals surface area contributed by atoms with Crippen LogP contribution in [0.1, 0.15) is 48.5 Å². The molecular weight excluding hydrogens is 448 g/mol. The van der Waals surface area contributed by atoms with Crippen LogP contribution < -0.4 is 0 Å². The van der Waals surface area contributed by atoms with Gasteiger partial charge in [0.15, 0.2) is 23.9 Å². The summed E-state index contributed by atoms with van der Waals surface area (Å²) in [5, 5.41) is 11.4. The molecule has 1 saturated heterocycles. The van der Waals surface area contributed by atoms with Crippen LogP contribution in [0.4, 0.5) is 0 Å². The van der Waals surface area contributed by atoms with E-state index in [1.807, 2.05) is 26.9 Å². The molecule has 0 bridgehead atoms. The summed E-state index contributed by atoms with van der Waals surface area (Å²) < 4.78 is 44.0. The fourth-order valence-corrected chi connectivity index (χ4v) is 7.43. The van der Waals surface area contributed by atoms with Gasteiger partial charge in [-0.3, -0.25) is 0 Å². The standard InChI is InChI=1S/C19H40O6S3Si/c1-11-26-16(27-12-2)14-15(25-18(6,7)24-14)19(20,28(8,21)22)13-23-29(9,10)17(3,4)5/h14-16,20H,11-13H2,1-10H3/t14-,15-,19-/m1/s1. The molecular formula is C19H40O6S3Si. The van der Waals surface area contributed by atoms with Gasteiger partial charge in [-0.25, -0.2) is 8.42 Å². The summed E-state index contributed by atoms with van der Waals surface area (Å²) in [5.74, 6) is 0.705. The zero-order valence-electron chi connectivity index (χ0n) is 19.6. The molecule has 1 heterocycles. The van der Waals surface area contributed by atoms with Gasteiger partial charge in [0.1, 0.15) is 12.2 Å². The molecule has 0 radical (unpaired) electrons. The van der Waals surface area contributed by atoms with Gasteiger partial charge in [0, 0.05) is 6.26 Å². The average Bonchev–Trinajstić information content (AvgIpc) is 2.86. The summed E-state index contributed by atoms with van der Waals surface area (Å²) in [7, 11) is -6.22. The van der Waals surface area contributed by atoms with E-state index in [-0.39, 0.29) is 16.2 Å². The second-order valence-electron chi connectivity index (χ2n) is 9.47. The highest BCUT2D eigenvalue weighted by atomic mass is 32.2. The Morgan fingerprint density at radius 2 is 1.62 bits per heavy atom. The number of hydrogen-bond donors (Lipinski definition) is 1. The third-order valence-electron chi connectivity index (χ3n) is 5.59. The van der Waals surface area contributed by atoms with E-state index in [0.29, 0.717) is 0 Å². The van der Waals surface area contributed by atoms with Gasteiger partial charge in [0.25, 0.3) is 0 Å². The molecule has 174 valence electrons. The lowest BCUT2D eigenvalue weighted by molar-refractivity contribution is -0.161. The zero-order valence-corrected chi connectivity index (χ0v) is 23.0. The predicted octanol–water partition coefficient (Wildman–Crippen LogP) is 4.09. The molecule has 1 aliphatic heterocycles. The molecule has 0 aliphatic carbocycles. The molecule has 10 heteroatoms. The Morgan fingerprint density at radius 1 is 1.14 bits per heavy atom. The highest BCUT2D eigenvalue weighted by Gasteiger charge is 2.60. The third kappa shape index (κ3) is 6.60.